The Bertz CT molecular complexity index is 878. The number of methoxy groups -OCH3 is 1. The van der Waals surface area contributed by atoms with Gasteiger partial charge in [-0.15, -0.1) is 5.10 Å². The van der Waals surface area contributed by atoms with E-state index in [0.29, 0.717) is 29.0 Å². The number of fused-ring (bicyclic) bond motifs is 1. The van der Waals surface area contributed by atoms with Crippen molar-refractivity contribution in [2.45, 2.75) is 44.8 Å². The van der Waals surface area contributed by atoms with Crippen LogP contribution in [0.4, 0.5) is 5.95 Å². The van der Waals surface area contributed by atoms with Crippen LogP contribution in [0.2, 0.25) is 0 Å². The van der Waals surface area contributed by atoms with E-state index in [0.717, 1.165) is 29.9 Å². The molecule has 0 amide bonds. The Labute approximate surface area is 169 Å². The molecule has 0 saturated carbocycles. The number of esters is 1. The van der Waals surface area contributed by atoms with Crippen molar-refractivity contribution in [3.8, 4) is 5.75 Å². The highest BCUT2D eigenvalue weighted by Crippen LogP contribution is 2.37. The molecule has 0 spiro atoms. The Morgan fingerprint density at radius 1 is 1.36 bits per heavy atom. The highest BCUT2D eigenvalue weighted by Gasteiger charge is 2.35. The molecule has 7 nitrogen and oxygen atoms in total. The summed E-state index contributed by atoms with van der Waals surface area (Å²) in [4.78, 5) is 17.2. The van der Waals surface area contributed by atoms with Crippen molar-refractivity contribution in [1.29, 1.82) is 0 Å². The number of nitrogens with one attached hydrogen (secondary N) is 1. The van der Waals surface area contributed by atoms with Crippen LogP contribution in [-0.2, 0) is 9.53 Å². The van der Waals surface area contributed by atoms with Crippen LogP contribution in [0, 0.1) is 0 Å². The summed E-state index contributed by atoms with van der Waals surface area (Å²) in [6.07, 6.45) is 2.23. The van der Waals surface area contributed by atoms with Crippen LogP contribution >= 0.6 is 11.8 Å². The molecule has 0 fully saturated rings. The molecule has 3 rings (SSSR count). The number of hydrogen-bond acceptors (Lipinski definition) is 7. The normalized spacial score (nSPS) is 15.8. The first-order valence-electron chi connectivity index (χ1n) is 9.47. The minimum absolute atomic E-state index is 0.391. The Morgan fingerprint density at radius 2 is 2.18 bits per heavy atom. The summed E-state index contributed by atoms with van der Waals surface area (Å²) in [6.45, 7) is 6.52. The van der Waals surface area contributed by atoms with Gasteiger partial charge >= 0.3 is 5.97 Å². The molecule has 1 N–H and O–H groups in total. The standard InChI is InChI=1S/C20H26N4O3S/c1-5-7-11-28-20-22-19-21-13(3)16(18(25)26-4)17(24(19)23-20)14-9-8-10-15(12-14)27-6-2/h8-10,12,17H,5-7,11H2,1-4H3,(H,21,22,23). The van der Waals surface area contributed by atoms with Crippen LogP contribution in [0.1, 0.15) is 45.2 Å². The first kappa shape index (κ1) is 20.3. The van der Waals surface area contributed by atoms with Crippen molar-refractivity contribution in [3.05, 3.63) is 41.1 Å². The van der Waals surface area contributed by atoms with Crippen LogP contribution in [0.5, 0.6) is 5.75 Å². The number of benzene rings is 1. The van der Waals surface area contributed by atoms with Gasteiger partial charge in [-0.25, -0.2) is 9.48 Å². The topological polar surface area (TPSA) is 78.3 Å². The van der Waals surface area contributed by atoms with E-state index in [9.17, 15) is 4.79 Å². The van der Waals surface area contributed by atoms with Gasteiger partial charge in [-0.05, 0) is 38.0 Å². The lowest BCUT2D eigenvalue weighted by Crippen LogP contribution is -2.29. The van der Waals surface area contributed by atoms with Crippen LogP contribution in [0.15, 0.2) is 40.7 Å². The minimum Gasteiger partial charge on any atom is -0.494 e. The van der Waals surface area contributed by atoms with Crippen molar-refractivity contribution >= 4 is 23.7 Å². The summed E-state index contributed by atoms with van der Waals surface area (Å²) in [5, 5.41) is 8.57. The van der Waals surface area contributed by atoms with Crippen molar-refractivity contribution in [2.24, 2.45) is 0 Å². The van der Waals surface area contributed by atoms with Gasteiger partial charge in [-0.2, -0.15) is 4.98 Å². The first-order chi connectivity index (χ1) is 13.6. The second kappa shape index (κ2) is 9.14. The number of ether oxygens (including phenoxy) is 2. The van der Waals surface area contributed by atoms with E-state index in [1.54, 1.807) is 16.4 Å². The number of rotatable bonds is 8. The van der Waals surface area contributed by atoms with Crippen molar-refractivity contribution in [3.63, 3.8) is 0 Å². The zero-order valence-corrected chi connectivity index (χ0v) is 17.5. The van der Waals surface area contributed by atoms with Gasteiger partial charge in [0.2, 0.25) is 11.1 Å². The SMILES string of the molecule is CCCCSc1nc2n(n1)C(c1cccc(OCC)c1)C(C(=O)OC)=C(C)N2. The third kappa shape index (κ3) is 4.16. The monoisotopic (exact) mass is 402 g/mol. The number of hydrogen-bond donors (Lipinski definition) is 1. The summed E-state index contributed by atoms with van der Waals surface area (Å²) in [5.41, 5.74) is 2.12. The predicted octanol–water partition coefficient (Wildman–Crippen LogP) is 4.03. The maximum absolute atomic E-state index is 12.6. The fourth-order valence-corrected chi connectivity index (χ4v) is 4.04. The van der Waals surface area contributed by atoms with Crippen molar-refractivity contribution in [1.82, 2.24) is 14.8 Å². The number of unbranched alkanes of at least 4 members (excludes halogenated alkanes) is 1. The number of carbonyl (C=O) groups excluding carboxylic acids is 1. The molecule has 150 valence electrons. The molecule has 1 aromatic heterocycles. The Hall–Kier alpha value is -2.48. The zero-order chi connectivity index (χ0) is 20.1. The molecule has 8 heteroatoms. The third-order valence-electron chi connectivity index (χ3n) is 4.45. The van der Waals surface area contributed by atoms with E-state index >= 15 is 0 Å². The summed E-state index contributed by atoms with van der Waals surface area (Å²) in [7, 11) is 1.39. The first-order valence-corrected chi connectivity index (χ1v) is 10.5. The summed E-state index contributed by atoms with van der Waals surface area (Å²) in [5.74, 6) is 1.94. The molecule has 28 heavy (non-hydrogen) atoms. The fraction of sp³-hybridized carbons (Fsp3) is 0.450. The maximum Gasteiger partial charge on any atom is 0.338 e. The molecular weight excluding hydrogens is 376 g/mol. The quantitative estimate of drug-likeness (QED) is 0.406. The lowest BCUT2D eigenvalue weighted by Gasteiger charge is -2.28. The Morgan fingerprint density at radius 3 is 2.89 bits per heavy atom. The Kier molecular flexibility index (Phi) is 6.61. The van der Waals surface area contributed by atoms with E-state index < -0.39 is 12.0 Å². The van der Waals surface area contributed by atoms with Crippen LogP contribution in [0.25, 0.3) is 0 Å². The largest absolute Gasteiger partial charge is 0.494 e. The summed E-state index contributed by atoms with van der Waals surface area (Å²) in [6, 6.07) is 7.28. The molecule has 1 aromatic carbocycles. The molecular formula is C20H26N4O3S. The minimum atomic E-state index is -0.433. The van der Waals surface area contributed by atoms with Gasteiger partial charge in [0.05, 0.1) is 19.3 Å². The second-order valence-electron chi connectivity index (χ2n) is 6.43. The average Bonchev–Trinajstić information content (AvgIpc) is 3.09. The summed E-state index contributed by atoms with van der Waals surface area (Å²) >= 11 is 1.62. The van der Waals surface area contributed by atoms with E-state index in [1.165, 1.54) is 7.11 Å². The molecule has 0 saturated heterocycles. The molecule has 1 aliphatic heterocycles. The predicted molar refractivity (Wildman–Crippen MR) is 110 cm³/mol. The highest BCUT2D eigenvalue weighted by molar-refractivity contribution is 7.99. The van der Waals surface area contributed by atoms with Crippen LogP contribution in [0.3, 0.4) is 0 Å². The molecule has 0 bridgehead atoms. The molecule has 1 atom stereocenters. The molecule has 1 aliphatic rings. The number of aromatic nitrogens is 3. The molecule has 1 unspecified atom stereocenters. The smallest absolute Gasteiger partial charge is 0.338 e. The van der Waals surface area contributed by atoms with E-state index in [4.69, 9.17) is 9.47 Å². The van der Waals surface area contributed by atoms with Crippen LogP contribution < -0.4 is 10.1 Å². The highest BCUT2D eigenvalue weighted by atomic mass is 32.2. The van der Waals surface area contributed by atoms with Gasteiger partial charge in [0.25, 0.3) is 0 Å². The van der Waals surface area contributed by atoms with Crippen LogP contribution in [-0.4, -0.2) is 40.2 Å². The number of thioether (sulfide) groups is 1. The fourth-order valence-electron chi connectivity index (χ4n) is 3.12. The summed E-state index contributed by atoms with van der Waals surface area (Å²) < 4.78 is 12.5. The average molecular weight is 403 g/mol. The second-order valence-corrected chi connectivity index (χ2v) is 7.49. The molecule has 2 heterocycles. The zero-order valence-electron chi connectivity index (χ0n) is 16.7. The van der Waals surface area contributed by atoms with E-state index in [2.05, 4.69) is 22.3 Å². The lowest BCUT2D eigenvalue weighted by molar-refractivity contribution is -0.136. The van der Waals surface area contributed by atoms with Crippen molar-refractivity contribution in [2.75, 3.05) is 24.8 Å². The molecule has 0 aliphatic carbocycles. The van der Waals surface area contributed by atoms with Gasteiger partial charge in [-0.1, -0.05) is 37.2 Å². The lowest BCUT2D eigenvalue weighted by atomic mass is 9.95. The Balaban J connectivity index is 2.05. The third-order valence-corrected chi connectivity index (χ3v) is 5.38. The number of allylic oxidation sites excluding steroid dienone is 1. The van der Waals surface area contributed by atoms with Gasteiger partial charge in [0, 0.05) is 11.4 Å². The van der Waals surface area contributed by atoms with E-state index in [1.807, 2.05) is 38.1 Å². The molecule has 0 radical (unpaired) electrons. The van der Waals surface area contributed by atoms with Gasteiger partial charge in [-0.3, -0.25) is 0 Å². The number of anilines is 1. The van der Waals surface area contributed by atoms with Gasteiger partial charge in [0.15, 0.2) is 0 Å². The maximum atomic E-state index is 12.6. The number of nitrogens with zero attached hydrogens (tertiary/aromatic N) is 3. The van der Waals surface area contributed by atoms with Gasteiger partial charge < -0.3 is 14.8 Å². The van der Waals surface area contributed by atoms with Crippen molar-refractivity contribution < 1.29 is 14.3 Å². The van der Waals surface area contributed by atoms with Gasteiger partial charge in [0.1, 0.15) is 11.8 Å². The number of carbonyl (C=O) groups is 1. The van der Waals surface area contributed by atoms with E-state index in [-0.39, 0.29) is 0 Å². The molecule has 2 aromatic rings.